The third kappa shape index (κ3) is 16.8. The van der Waals surface area contributed by atoms with Crippen LogP contribution in [0, 0.1) is 0 Å². The van der Waals surface area contributed by atoms with Crippen molar-refractivity contribution in [3.8, 4) is 0 Å². The molecule has 0 radical (unpaired) electrons. The lowest BCUT2D eigenvalue weighted by Crippen LogP contribution is -2.12. The second-order valence-corrected chi connectivity index (χ2v) is 1.10. The van der Waals surface area contributed by atoms with Gasteiger partial charge in [-0.15, -0.1) is 0 Å². The van der Waals surface area contributed by atoms with Crippen LogP contribution >= 0.6 is 0 Å². The van der Waals surface area contributed by atoms with Gasteiger partial charge in [0.1, 0.15) is 0 Å². The Hall–Kier alpha value is -0.0800. The van der Waals surface area contributed by atoms with E-state index in [1.807, 2.05) is 20.9 Å². The Labute approximate surface area is 52.2 Å². The summed E-state index contributed by atoms with van der Waals surface area (Å²) in [6.07, 6.45) is 0. The van der Waals surface area contributed by atoms with Gasteiger partial charge in [0.2, 0.25) is 0 Å². The maximum atomic E-state index is 4.72. The average molecular weight is 119 g/mol. The Morgan fingerprint density at radius 2 is 1.88 bits per heavy atom. The van der Waals surface area contributed by atoms with Crippen LogP contribution in [0.1, 0.15) is 13.8 Å². The van der Waals surface area contributed by atoms with Crippen LogP contribution in [0.4, 0.5) is 0 Å². The molecule has 0 aliphatic carbocycles. The second-order valence-electron chi connectivity index (χ2n) is 1.10. The molecule has 0 saturated carbocycles. The summed E-state index contributed by atoms with van der Waals surface area (Å²) in [7, 11) is 3.59. The molecule has 0 spiro atoms. The number of nitrogens with one attached hydrogen (secondary N) is 1. The van der Waals surface area contributed by atoms with Crippen LogP contribution in [0.15, 0.2) is 0 Å². The van der Waals surface area contributed by atoms with E-state index in [4.69, 9.17) is 4.74 Å². The number of likely N-dealkylation sites (N-methyl/N-ethyl adjacent to an activating group) is 1. The van der Waals surface area contributed by atoms with Crippen molar-refractivity contribution in [1.29, 1.82) is 0 Å². The molecular formula is C6H17NO. The minimum atomic E-state index is 0.802. The molecule has 0 aromatic heterocycles. The molecule has 0 heterocycles. The third-order valence-electron chi connectivity index (χ3n) is 0.556. The standard InChI is InChI=1S/C4H11NO.C2H6/c1-5-3-4-6-2;1-2/h5H,3-4H2,1-2H3;1-2H3. The summed E-state index contributed by atoms with van der Waals surface area (Å²) in [6.45, 7) is 5.74. The summed E-state index contributed by atoms with van der Waals surface area (Å²) in [6, 6.07) is 0. The second kappa shape index (κ2) is 15.8. The Balaban J connectivity index is 0. The molecule has 0 aromatic carbocycles. The number of methoxy groups -OCH3 is 1. The van der Waals surface area contributed by atoms with Crippen LogP contribution < -0.4 is 5.32 Å². The van der Waals surface area contributed by atoms with Gasteiger partial charge in [0.05, 0.1) is 6.61 Å². The summed E-state index contributed by atoms with van der Waals surface area (Å²) in [4.78, 5) is 0. The van der Waals surface area contributed by atoms with E-state index in [-0.39, 0.29) is 0 Å². The van der Waals surface area contributed by atoms with Gasteiger partial charge < -0.3 is 10.1 Å². The van der Waals surface area contributed by atoms with E-state index >= 15 is 0 Å². The van der Waals surface area contributed by atoms with Crippen LogP contribution in [0.25, 0.3) is 0 Å². The molecule has 2 nitrogen and oxygen atoms in total. The maximum absolute atomic E-state index is 4.72. The Bertz CT molecular complexity index is 20.5. The van der Waals surface area contributed by atoms with Crippen LogP contribution in [-0.4, -0.2) is 27.3 Å². The van der Waals surface area contributed by atoms with Crippen molar-refractivity contribution in [3.63, 3.8) is 0 Å². The van der Waals surface area contributed by atoms with Crippen molar-refractivity contribution in [2.24, 2.45) is 0 Å². The van der Waals surface area contributed by atoms with E-state index in [1.54, 1.807) is 7.11 Å². The molecule has 0 amide bonds. The summed E-state index contributed by atoms with van der Waals surface area (Å²) >= 11 is 0. The van der Waals surface area contributed by atoms with Gasteiger partial charge in [-0.1, -0.05) is 13.8 Å². The highest BCUT2D eigenvalue weighted by Crippen LogP contribution is 1.57. The van der Waals surface area contributed by atoms with Gasteiger partial charge in [-0.25, -0.2) is 0 Å². The normalized spacial score (nSPS) is 7.50. The predicted octanol–water partition coefficient (Wildman–Crippen LogP) is 0.878. The van der Waals surface area contributed by atoms with E-state index in [2.05, 4.69) is 5.32 Å². The summed E-state index contributed by atoms with van der Waals surface area (Å²) in [5.41, 5.74) is 0. The van der Waals surface area contributed by atoms with Crippen molar-refractivity contribution in [2.75, 3.05) is 27.3 Å². The number of hydrogen-bond donors (Lipinski definition) is 1. The van der Waals surface area contributed by atoms with E-state index in [0.717, 1.165) is 13.2 Å². The van der Waals surface area contributed by atoms with Gasteiger partial charge in [-0.3, -0.25) is 0 Å². The zero-order valence-corrected chi connectivity index (χ0v) is 6.32. The lowest BCUT2D eigenvalue weighted by atomic mass is 10.7. The quantitative estimate of drug-likeness (QED) is 0.557. The maximum Gasteiger partial charge on any atom is 0.0587 e. The monoisotopic (exact) mass is 119 g/mol. The topological polar surface area (TPSA) is 21.3 Å². The fourth-order valence-corrected chi connectivity index (χ4v) is 0.204. The first-order valence-corrected chi connectivity index (χ1v) is 3.05. The highest BCUT2D eigenvalue weighted by atomic mass is 16.5. The predicted molar refractivity (Wildman–Crippen MR) is 37.2 cm³/mol. The number of hydrogen-bond acceptors (Lipinski definition) is 2. The molecule has 0 aliphatic heterocycles. The van der Waals surface area contributed by atoms with Gasteiger partial charge in [0.25, 0.3) is 0 Å². The van der Waals surface area contributed by atoms with Crippen molar-refractivity contribution in [2.45, 2.75) is 13.8 Å². The molecule has 0 atom stereocenters. The fourth-order valence-electron chi connectivity index (χ4n) is 0.204. The lowest BCUT2D eigenvalue weighted by Gasteiger charge is -1.92. The molecule has 0 fully saturated rings. The van der Waals surface area contributed by atoms with Crippen LogP contribution in [0.3, 0.4) is 0 Å². The first-order chi connectivity index (χ1) is 3.91. The lowest BCUT2D eigenvalue weighted by molar-refractivity contribution is 0.201. The Morgan fingerprint density at radius 1 is 1.38 bits per heavy atom. The van der Waals surface area contributed by atoms with Gasteiger partial charge in [-0.05, 0) is 7.05 Å². The van der Waals surface area contributed by atoms with Crippen molar-refractivity contribution in [1.82, 2.24) is 5.32 Å². The van der Waals surface area contributed by atoms with Crippen LogP contribution in [-0.2, 0) is 4.74 Å². The molecular weight excluding hydrogens is 102 g/mol. The van der Waals surface area contributed by atoms with E-state index in [1.165, 1.54) is 0 Å². The Kier molecular flexibility index (Phi) is 21.3. The molecule has 1 N–H and O–H groups in total. The molecule has 0 bridgehead atoms. The SMILES string of the molecule is CC.CNCCOC. The van der Waals surface area contributed by atoms with Crippen molar-refractivity contribution in [3.05, 3.63) is 0 Å². The van der Waals surface area contributed by atoms with Crippen molar-refractivity contribution >= 4 is 0 Å². The van der Waals surface area contributed by atoms with Gasteiger partial charge in [-0.2, -0.15) is 0 Å². The summed E-state index contributed by atoms with van der Waals surface area (Å²) in [5, 5.41) is 2.94. The van der Waals surface area contributed by atoms with E-state index in [0.29, 0.717) is 0 Å². The zero-order chi connectivity index (χ0) is 6.83. The minimum Gasteiger partial charge on any atom is -0.383 e. The highest BCUT2D eigenvalue weighted by Gasteiger charge is 1.72. The van der Waals surface area contributed by atoms with E-state index in [9.17, 15) is 0 Å². The minimum absolute atomic E-state index is 0.802. The largest absolute Gasteiger partial charge is 0.383 e. The molecule has 0 aromatic rings. The molecule has 8 heavy (non-hydrogen) atoms. The van der Waals surface area contributed by atoms with Gasteiger partial charge in [0.15, 0.2) is 0 Å². The van der Waals surface area contributed by atoms with E-state index < -0.39 is 0 Å². The molecule has 0 aliphatic rings. The summed E-state index contributed by atoms with van der Waals surface area (Å²) < 4.78 is 4.72. The molecule has 0 unspecified atom stereocenters. The molecule has 2 heteroatoms. The smallest absolute Gasteiger partial charge is 0.0587 e. The van der Waals surface area contributed by atoms with Crippen LogP contribution in [0.5, 0.6) is 0 Å². The van der Waals surface area contributed by atoms with Gasteiger partial charge >= 0.3 is 0 Å². The fraction of sp³-hybridized carbons (Fsp3) is 1.00. The summed E-state index contributed by atoms with van der Waals surface area (Å²) in [5.74, 6) is 0. The highest BCUT2D eigenvalue weighted by molar-refractivity contribution is 4.30. The zero-order valence-electron chi connectivity index (χ0n) is 6.32. The average Bonchev–Trinajstić information content (AvgIpc) is 1.88. The molecule has 0 rings (SSSR count). The number of rotatable bonds is 3. The van der Waals surface area contributed by atoms with Crippen molar-refractivity contribution < 1.29 is 4.74 Å². The molecule has 0 saturated heterocycles. The Morgan fingerprint density at radius 3 is 2.00 bits per heavy atom. The first kappa shape index (κ1) is 10.8. The first-order valence-electron chi connectivity index (χ1n) is 3.05. The van der Waals surface area contributed by atoms with Crippen LogP contribution in [0.2, 0.25) is 0 Å². The third-order valence-corrected chi connectivity index (χ3v) is 0.556. The van der Waals surface area contributed by atoms with Gasteiger partial charge in [0, 0.05) is 13.7 Å². The number of ether oxygens (including phenoxy) is 1. The molecule has 52 valence electrons.